The summed E-state index contributed by atoms with van der Waals surface area (Å²) in [6, 6.07) is 19.5. The molecule has 0 saturated heterocycles. The number of nitrogens with one attached hydrogen (secondary N) is 1. The number of benzene rings is 3. The molecular formula is C22H15F2IN4O. The molecule has 1 aliphatic heterocycles. The highest BCUT2D eigenvalue weighted by Crippen LogP contribution is 2.25. The largest absolute Gasteiger partial charge is 0.305 e. The fourth-order valence-electron chi connectivity index (χ4n) is 2.93. The zero-order valence-corrected chi connectivity index (χ0v) is 17.7. The predicted molar refractivity (Wildman–Crippen MR) is 120 cm³/mol. The van der Waals surface area contributed by atoms with Gasteiger partial charge in [-0.2, -0.15) is 15.2 Å². The monoisotopic (exact) mass is 516 g/mol. The second-order valence-electron chi connectivity index (χ2n) is 6.42. The highest BCUT2D eigenvalue weighted by Gasteiger charge is 2.36. The van der Waals surface area contributed by atoms with Gasteiger partial charge in [-0.3, -0.25) is 4.79 Å². The average Bonchev–Trinajstić information content (AvgIpc) is 3.06. The van der Waals surface area contributed by atoms with Crippen molar-refractivity contribution in [1.82, 2.24) is 5.43 Å². The Morgan fingerprint density at radius 2 is 1.60 bits per heavy atom. The maximum absolute atomic E-state index is 14.4. The first kappa shape index (κ1) is 20.1. The number of hydrogen-bond acceptors (Lipinski definition) is 4. The fourth-order valence-corrected chi connectivity index (χ4v) is 3.29. The fraction of sp³-hybridized carbons (Fsp3) is 0.0455. The van der Waals surface area contributed by atoms with Crippen LogP contribution in [0.1, 0.15) is 11.1 Å². The second-order valence-corrected chi connectivity index (χ2v) is 7.66. The number of para-hydroxylation sites is 1. The summed E-state index contributed by atoms with van der Waals surface area (Å²) in [5, 5.41) is 9.28. The molecule has 0 atom stereocenters. The molecule has 4 rings (SSSR count). The predicted octanol–water partition coefficient (Wildman–Crippen LogP) is 4.47. The summed E-state index contributed by atoms with van der Waals surface area (Å²) in [4.78, 5) is 13.0. The van der Waals surface area contributed by atoms with E-state index in [2.05, 4.69) is 38.2 Å². The molecule has 0 fully saturated rings. The maximum atomic E-state index is 14.4. The maximum Gasteiger partial charge on any atom is 0.301 e. The molecule has 1 aliphatic rings. The van der Waals surface area contributed by atoms with E-state index in [0.29, 0.717) is 6.54 Å². The van der Waals surface area contributed by atoms with Crippen LogP contribution in [0, 0.1) is 15.2 Å². The first-order valence-electron chi connectivity index (χ1n) is 9.02. The number of carbonyl (C=O) groups is 1. The van der Waals surface area contributed by atoms with Crippen molar-refractivity contribution in [1.29, 1.82) is 0 Å². The van der Waals surface area contributed by atoms with Gasteiger partial charge < -0.3 is 5.43 Å². The van der Waals surface area contributed by atoms with Gasteiger partial charge in [0.15, 0.2) is 5.71 Å². The molecule has 0 spiro atoms. The third-order valence-corrected chi connectivity index (χ3v) is 5.14. The van der Waals surface area contributed by atoms with E-state index < -0.39 is 17.5 Å². The number of anilines is 1. The Morgan fingerprint density at radius 3 is 2.30 bits per heavy atom. The normalized spacial score (nSPS) is 14.9. The highest BCUT2D eigenvalue weighted by molar-refractivity contribution is 14.1. The molecule has 8 heteroatoms. The number of amides is 1. The summed E-state index contributed by atoms with van der Waals surface area (Å²) in [6.07, 6.45) is 0. The highest BCUT2D eigenvalue weighted by atomic mass is 127. The zero-order chi connectivity index (χ0) is 21.1. The van der Waals surface area contributed by atoms with Crippen molar-refractivity contribution in [2.24, 2.45) is 10.2 Å². The van der Waals surface area contributed by atoms with Gasteiger partial charge in [0.1, 0.15) is 23.0 Å². The summed E-state index contributed by atoms with van der Waals surface area (Å²) in [6.45, 7) is 0.359. The van der Waals surface area contributed by atoms with E-state index in [-0.39, 0.29) is 22.7 Å². The van der Waals surface area contributed by atoms with Gasteiger partial charge >= 0.3 is 5.91 Å². The lowest BCUT2D eigenvalue weighted by Crippen LogP contribution is -2.30. The summed E-state index contributed by atoms with van der Waals surface area (Å²) >= 11 is 2.21. The van der Waals surface area contributed by atoms with Crippen LogP contribution < -0.4 is 10.4 Å². The molecule has 3 aromatic rings. The number of hydrogen-bond donors (Lipinski definition) is 1. The van der Waals surface area contributed by atoms with Crippen molar-refractivity contribution >= 4 is 45.6 Å². The van der Waals surface area contributed by atoms with Gasteiger partial charge in [-0.25, -0.2) is 8.78 Å². The van der Waals surface area contributed by atoms with Gasteiger partial charge in [0.05, 0.1) is 6.54 Å². The van der Waals surface area contributed by atoms with E-state index in [1.54, 1.807) is 12.1 Å². The van der Waals surface area contributed by atoms with Crippen molar-refractivity contribution in [2.75, 3.05) is 5.01 Å². The van der Waals surface area contributed by atoms with Gasteiger partial charge in [-0.05, 0) is 64.6 Å². The third kappa shape index (κ3) is 4.09. The summed E-state index contributed by atoms with van der Waals surface area (Å²) in [5.41, 5.74) is 3.83. The molecule has 0 bridgehead atoms. The standard InChI is InChI=1S/C22H15F2IN4O/c23-17-6-2-1-5-16(17)20-21(27-26-13-14-9-11-15(25)12-10-14)22(30)29(28-20)19-8-4-3-7-18(19)24/h1-12,26H,13H2/b27-21+. The molecule has 150 valence electrons. The Bertz CT molecular complexity index is 1160. The van der Waals surface area contributed by atoms with Gasteiger partial charge in [0.25, 0.3) is 0 Å². The van der Waals surface area contributed by atoms with Crippen LogP contribution in [0.2, 0.25) is 0 Å². The van der Waals surface area contributed by atoms with Crippen molar-refractivity contribution in [3.63, 3.8) is 0 Å². The molecule has 0 aliphatic carbocycles. The quantitative estimate of drug-likeness (QED) is 0.402. The molecule has 30 heavy (non-hydrogen) atoms. The Hall–Kier alpha value is -3.14. The Kier molecular flexibility index (Phi) is 5.84. The van der Waals surface area contributed by atoms with Crippen molar-refractivity contribution in [3.8, 4) is 0 Å². The molecule has 0 unspecified atom stereocenters. The number of nitrogens with zero attached hydrogens (tertiary/aromatic N) is 3. The SMILES string of the molecule is O=C1/C(=N/NCc2ccc(I)cc2)C(c2ccccc2F)=NN1c1ccccc1F. The number of hydrazone groups is 2. The van der Waals surface area contributed by atoms with Gasteiger partial charge in [-0.15, -0.1) is 0 Å². The minimum absolute atomic E-state index is 0.0285. The van der Waals surface area contributed by atoms with Crippen LogP contribution in [-0.2, 0) is 11.3 Å². The summed E-state index contributed by atoms with van der Waals surface area (Å²) in [5.74, 6) is -1.81. The Balaban J connectivity index is 1.69. The van der Waals surface area contributed by atoms with Crippen molar-refractivity contribution in [3.05, 3.63) is 99.1 Å². The van der Waals surface area contributed by atoms with E-state index in [0.717, 1.165) is 14.1 Å². The number of halogens is 3. The molecule has 0 aromatic heterocycles. The van der Waals surface area contributed by atoms with Crippen LogP contribution in [-0.4, -0.2) is 17.3 Å². The lowest BCUT2D eigenvalue weighted by molar-refractivity contribution is -0.112. The van der Waals surface area contributed by atoms with Crippen molar-refractivity contribution < 1.29 is 13.6 Å². The lowest BCUT2D eigenvalue weighted by atomic mass is 10.1. The molecule has 5 nitrogen and oxygen atoms in total. The van der Waals surface area contributed by atoms with E-state index in [1.165, 1.54) is 36.4 Å². The van der Waals surface area contributed by atoms with Crippen LogP contribution >= 0.6 is 22.6 Å². The van der Waals surface area contributed by atoms with Crippen LogP contribution in [0.25, 0.3) is 0 Å². The first-order chi connectivity index (χ1) is 14.5. The van der Waals surface area contributed by atoms with Gasteiger partial charge in [0.2, 0.25) is 0 Å². The minimum atomic E-state index is -0.645. The van der Waals surface area contributed by atoms with Gasteiger partial charge in [0, 0.05) is 9.13 Å². The van der Waals surface area contributed by atoms with Crippen molar-refractivity contribution in [2.45, 2.75) is 6.54 Å². The lowest BCUT2D eigenvalue weighted by Gasteiger charge is -2.11. The Morgan fingerprint density at radius 1 is 0.933 bits per heavy atom. The molecule has 1 amide bonds. The average molecular weight is 516 g/mol. The molecule has 1 heterocycles. The molecule has 0 radical (unpaired) electrons. The topological polar surface area (TPSA) is 57.1 Å². The zero-order valence-electron chi connectivity index (χ0n) is 15.5. The summed E-state index contributed by atoms with van der Waals surface area (Å²) < 4.78 is 29.8. The molecular weight excluding hydrogens is 501 g/mol. The third-order valence-electron chi connectivity index (χ3n) is 4.42. The van der Waals surface area contributed by atoms with Crippen LogP contribution in [0.4, 0.5) is 14.5 Å². The van der Waals surface area contributed by atoms with E-state index >= 15 is 0 Å². The minimum Gasteiger partial charge on any atom is -0.305 e. The smallest absolute Gasteiger partial charge is 0.301 e. The second kappa shape index (κ2) is 8.70. The molecule has 1 N–H and O–H groups in total. The van der Waals surface area contributed by atoms with Crippen LogP contribution in [0.3, 0.4) is 0 Å². The van der Waals surface area contributed by atoms with Crippen LogP contribution in [0.15, 0.2) is 83.0 Å². The molecule has 3 aromatic carbocycles. The number of carbonyl (C=O) groups excluding carboxylic acids is 1. The Labute approximate surface area is 185 Å². The first-order valence-corrected chi connectivity index (χ1v) is 10.1. The number of rotatable bonds is 5. The van der Waals surface area contributed by atoms with E-state index in [9.17, 15) is 13.6 Å². The summed E-state index contributed by atoms with van der Waals surface area (Å²) in [7, 11) is 0. The molecule has 0 saturated carbocycles. The van der Waals surface area contributed by atoms with E-state index in [4.69, 9.17) is 0 Å². The van der Waals surface area contributed by atoms with Gasteiger partial charge in [-0.1, -0.05) is 36.4 Å². The van der Waals surface area contributed by atoms with E-state index in [1.807, 2.05) is 24.3 Å². The van der Waals surface area contributed by atoms with Crippen LogP contribution in [0.5, 0.6) is 0 Å².